The van der Waals surface area contributed by atoms with Crippen LogP contribution in [0.25, 0.3) is 0 Å². The molecule has 0 heterocycles. The summed E-state index contributed by atoms with van der Waals surface area (Å²) in [4.78, 5) is 0. The second-order valence-electron chi connectivity index (χ2n) is 11.1. The highest BCUT2D eigenvalue weighted by Crippen LogP contribution is 2.37. The molecule has 0 N–H and O–H groups in total. The number of hydrogen-bond donors (Lipinski definition) is 0. The van der Waals surface area contributed by atoms with E-state index in [2.05, 4.69) is 34.6 Å². The minimum Gasteiger partial charge on any atom is -0.350 e. The Morgan fingerprint density at radius 1 is 0.400 bits per heavy atom. The summed E-state index contributed by atoms with van der Waals surface area (Å²) in [5.74, 6) is 0.198. The summed E-state index contributed by atoms with van der Waals surface area (Å²) < 4.78 is 12.8. The molecule has 0 aliphatic carbocycles. The zero-order valence-corrected chi connectivity index (χ0v) is 25.3. The first kappa shape index (κ1) is 34.9. The van der Waals surface area contributed by atoms with Crippen LogP contribution in [0.1, 0.15) is 189 Å². The van der Waals surface area contributed by atoms with Gasteiger partial charge in [0.15, 0.2) is 5.79 Å². The van der Waals surface area contributed by atoms with Crippen LogP contribution < -0.4 is 0 Å². The lowest BCUT2D eigenvalue weighted by atomic mass is 9.84. The van der Waals surface area contributed by atoms with Crippen LogP contribution in [0.4, 0.5) is 0 Å². The lowest BCUT2D eigenvalue weighted by Crippen LogP contribution is -2.44. The van der Waals surface area contributed by atoms with Gasteiger partial charge < -0.3 is 9.47 Å². The third kappa shape index (κ3) is 19.7. The maximum absolute atomic E-state index is 6.42. The predicted octanol–water partition coefficient (Wildman–Crippen LogP) is 11.8. The lowest BCUT2D eigenvalue weighted by Gasteiger charge is -2.40. The average molecular weight is 497 g/mol. The van der Waals surface area contributed by atoms with Crippen LogP contribution in [-0.4, -0.2) is 19.0 Å². The Hall–Kier alpha value is -0.0800. The largest absolute Gasteiger partial charge is 0.350 e. The smallest absolute Gasteiger partial charge is 0.170 e. The molecule has 35 heavy (non-hydrogen) atoms. The molecule has 0 aromatic carbocycles. The molecule has 0 aliphatic rings. The fourth-order valence-corrected chi connectivity index (χ4v) is 5.80. The average Bonchev–Trinajstić information content (AvgIpc) is 2.85. The van der Waals surface area contributed by atoms with Crippen molar-refractivity contribution in [2.45, 2.75) is 195 Å². The first-order valence-electron chi connectivity index (χ1n) is 16.5. The molecule has 0 radical (unpaired) electrons. The lowest BCUT2D eigenvalue weighted by molar-refractivity contribution is -0.270. The number of ether oxygens (including phenoxy) is 2. The summed E-state index contributed by atoms with van der Waals surface area (Å²) in [6, 6.07) is 0. The topological polar surface area (TPSA) is 18.5 Å². The SMILES string of the molecule is CCCCCCCCCCCCCCCCC(CCCCCCCC)C(CCC)(OCC)OCC. The van der Waals surface area contributed by atoms with Crippen LogP contribution in [0.5, 0.6) is 0 Å². The summed E-state index contributed by atoms with van der Waals surface area (Å²) >= 11 is 0. The molecule has 0 amide bonds. The zero-order chi connectivity index (χ0) is 25.9. The van der Waals surface area contributed by atoms with E-state index in [1.54, 1.807) is 0 Å². The normalized spacial score (nSPS) is 12.9. The molecule has 0 saturated heterocycles. The molecule has 0 saturated carbocycles. The van der Waals surface area contributed by atoms with E-state index in [-0.39, 0.29) is 5.79 Å². The van der Waals surface area contributed by atoms with Gasteiger partial charge in [-0.15, -0.1) is 0 Å². The van der Waals surface area contributed by atoms with Crippen LogP contribution in [0.2, 0.25) is 0 Å². The summed E-state index contributed by atoms with van der Waals surface area (Å²) in [6.45, 7) is 12.7. The van der Waals surface area contributed by atoms with E-state index in [1.807, 2.05) is 0 Å². The van der Waals surface area contributed by atoms with E-state index in [9.17, 15) is 0 Å². The van der Waals surface area contributed by atoms with Gasteiger partial charge in [0.05, 0.1) is 0 Å². The fourth-order valence-electron chi connectivity index (χ4n) is 5.80. The maximum atomic E-state index is 6.42. The van der Waals surface area contributed by atoms with Crippen LogP contribution in [0.3, 0.4) is 0 Å². The van der Waals surface area contributed by atoms with Gasteiger partial charge in [-0.2, -0.15) is 0 Å². The number of rotatable bonds is 29. The molecule has 1 atom stereocenters. The highest BCUT2D eigenvalue weighted by Gasteiger charge is 2.38. The number of unbranched alkanes of at least 4 members (excludes halogenated alkanes) is 18. The second kappa shape index (κ2) is 27.0. The highest BCUT2D eigenvalue weighted by molar-refractivity contribution is 4.80. The first-order valence-corrected chi connectivity index (χ1v) is 16.5. The monoisotopic (exact) mass is 497 g/mol. The molecule has 0 bridgehead atoms. The van der Waals surface area contributed by atoms with Crippen molar-refractivity contribution in [1.82, 2.24) is 0 Å². The summed E-state index contributed by atoms with van der Waals surface area (Å²) in [5.41, 5.74) is 0. The zero-order valence-electron chi connectivity index (χ0n) is 25.3. The second-order valence-corrected chi connectivity index (χ2v) is 11.1. The van der Waals surface area contributed by atoms with E-state index in [0.717, 1.165) is 26.1 Å². The van der Waals surface area contributed by atoms with Gasteiger partial charge in [-0.3, -0.25) is 0 Å². The summed E-state index contributed by atoms with van der Waals surface area (Å²) in [6.07, 6.45) is 32.9. The summed E-state index contributed by atoms with van der Waals surface area (Å²) in [7, 11) is 0. The van der Waals surface area contributed by atoms with Crippen molar-refractivity contribution in [2.75, 3.05) is 13.2 Å². The molecule has 0 rings (SSSR count). The van der Waals surface area contributed by atoms with Gasteiger partial charge >= 0.3 is 0 Å². The van der Waals surface area contributed by atoms with E-state index >= 15 is 0 Å². The maximum Gasteiger partial charge on any atom is 0.170 e. The van der Waals surface area contributed by atoms with Gasteiger partial charge in [0.25, 0.3) is 0 Å². The molecular weight excluding hydrogens is 428 g/mol. The third-order valence-corrected chi connectivity index (χ3v) is 7.81. The predicted molar refractivity (Wildman–Crippen MR) is 157 cm³/mol. The van der Waals surface area contributed by atoms with Crippen molar-refractivity contribution in [3.8, 4) is 0 Å². The molecular formula is C33H68O2. The van der Waals surface area contributed by atoms with E-state index in [0.29, 0.717) is 5.92 Å². The molecule has 0 fully saturated rings. The van der Waals surface area contributed by atoms with Gasteiger partial charge in [0, 0.05) is 25.6 Å². The van der Waals surface area contributed by atoms with Crippen molar-refractivity contribution in [2.24, 2.45) is 5.92 Å². The molecule has 0 aromatic rings. The Morgan fingerprint density at radius 3 is 1.00 bits per heavy atom. The van der Waals surface area contributed by atoms with Crippen molar-refractivity contribution < 1.29 is 9.47 Å². The number of hydrogen-bond acceptors (Lipinski definition) is 2. The molecule has 1 unspecified atom stereocenters. The quantitative estimate of drug-likeness (QED) is 0.0757. The molecule has 0 aliphatic heterocycles. The van der Waals surface area contributed by atoms with Crippen molar-refractivity contribution >= 4 is 0 Å². The van der Waals surface area contributed by atoms with Crippen LogP contribution in [0.15, 0.2) is 0 Å². The fraction of sp³-hybridized carbons (Fsp3) is 1.00. The Bertz CT molecular complexity index is 378. The molecule has 0 spiro atoms. The standard InChI is InChI=1S/C33H68O2/c1-6-11-13-15-17-18-19-20-21-22-23-24-26-28-30-32(29-27-25-16-14-12-7-2)33(31-8-3,34-9-4)35-10-5/h32H,6-31H2,1-5H3. The Morgan fingerprint density at radius 2 is 0.714 bits per heavy atom. The Balaban J connectivity index is 4.27. The van der Waals surface area contributed by atoms with Gasteiger partial charge in [0.2, 0.25) is 0 Å². The van der Waals surface area contributed by atoms with Crippen molar-refractivity contribution in [3.05, 3.63) is 0 Å². The Kier molecular flexibility index (Phi) is 26.9. The van der Waals surface area contributed by atoms with Crippen LogP contribution >= 0.6 is 0 Å². The molecule has 212 valence electrons. The van der Waals surface area contributed by atoms with E-state index in [1.165, 1.54) is 141 Å². The van der Waals surface area contributed by atoms with Crippen LogP contribution in [-0.2, 0) is 9.47 Å². The molecule has 0 aromatic heterocycles. The van der Waals surface area contributed by atoms with Crippen molar-refractivity contribution in [1.29, 1.82) is 0 Å². The minimum absolute atomic E-state index is 0.349. The molecule has 2 heteroatoms. The van der Waals surface area contributed by atoms with Crippen molar-refractivity contribution in [3.63, 3.8) is 0 Å². The van der Waals surface area contributed by atoms with Gasteiger partial charge in [0.1, 0.15) is 0 Å². The van der Waals surface area contributed by atoms with E-state index < -0.39 is 0 Å². The highest BCUT2D eigenvalue weighted by atomic mass is 16.7. The third-order valence-electron chi connectivity index (χ3n) is 7.81. The van der Waals surface area contributed by atoms with Gasteiger partial charge in [-0.25, -0.2) is 0 Å². The molecule has 2 nitrogen and oxygen atoms in total. The first-order chi connectivity index (χ1) is 17.2. The van der Waals surface area contributed by atoms with E-state index in [4.69, 9.17) is 9.47 Å². The Labute approximate surface area is 223 Å². The summed E-state index contributed by atoms with van der Waals surface area (Å²) in [5, 5.41) is 0. The van der Waals surface area contributed by atoms with Crippen LogP contribution in [0, 0.1) is 5.92 Å². The van der Waals surface area contributed by atoms with Gasteiger partial charge in [-0.1, -0.05) is 156 Å². The van der Waals surface area contributed by atoms with Gasteiger partial charge in [-0.05, 0) is 26.7 Å². The minimum atomic E-state index is -0.349.